The Morgan fingerprint density at radius 3 is 2.81 bits per heavy atom. The van der Waals surface area contributed by atoms with Gasteiger partial charge in [0.15, 0.2) is 11.5 Å². The number of benzene rings is 1. The van der Waals surface area contributed by atoms with Crippen molar-refractivity contribution in [1.82, 2.24) is 0 Å². The normalized spacial score (nSPS) is 12.9. The lowest BCUT2D eigenvalue weighted by Crippen LogP contribution is -2.05. The number of hydrogen-bond acceptors (Lipinski definition) is 5. The number of nitrogens with two attached hydrogens (primary N) is 1. The molecule has 1 aromatic carbocycles. The van der Waals surface area contributed by atoms with Gasteiger partial charge < -0.3 is 19.9 Å². The van der Waals surface area contributed by atoms with Gasteiger partial charge in [-0.15, -0.1) is 0 Å². The van der Waals surface area contributed by atoms with Crippen molar-refractivity contribution >= 4 is 11.8 Å². The average Bonchev–Trinajstić information content (AvgIpc) is 2.75. The van der Waals surface area contributed by atoms with Crippen molar-refractivity contribution in [3.63, 3.8) is 0 Å². The van der Waals surface area contributed by atoms with Gasteiger partial charge in [-0.1, -0.05) is 0 Å². The molecule has 0 unspecified atom stereocenters. The highest BCUT2D eigenvalue weighted by molar-refractivity contribution is 7.98. The minimum atomic E-state index is 0.271. The second-order valence-corrected chi connectivity index (χ2v) is 4.34. The SMILES string of the molecule is CSCCOc1cc2c(cc1CN)OCO2. The Labute approximate surface area is 99.1 Å². The molecule has 0 bridgehead atoms. The molecule has 16 heavy (non-hydrogen) atoms. The van der Waals surface area contributed by atoms with Crippen LogP contribution in [0, 0.1) is 0 Å². The third-order valence-electron chi connectivity index (χ3n) is 2.32. The molecule has 1 heterocycles. The second kappa shape index (κ2) is 5.32. The fraction of sp³-hybridized carbons (Fsp3) is 0.455. The predicted molar refractivity (Wildman–Crippen MR) is 64.3 cm³/mol. The van der Waals surface area contributed by atoms with E-state index in [1.165, 1.54) is 0 Å². The smallest absolute Gasteiger partial charge is 0.231 e. The van der Waals surface area contributed by atoms with Gasteiger partial charge >= 0.3 is 0 Å². The molecule has 0 aliphatic carbocycles. The summed E-state index contributed by atoms with van der Waals surface area (Å²) in [6, 6.07) is 3.74. The van der Waals surface area contributed by atoms with Crippen LogP contribution < -0.4 is 19.9 Å². The topological polar surface area (TPSA) is 53.7 Å². The lowest BCUT2D eigenvalue weighted by molar-refractivity contribution is 0.173. The summed E-state index contributed by atoms with van der Waals surface area (Å²) in [6.45, 7) is 1.38. The van der Waals surface area contributed by atoms with Crippen molar-refractivity contribution in [3.05, 3.63) is 17.7 Å². The summed E-state index contributed by atoms with van der Waals surface area (Å²) in [5.74, 6) is 3.23. The van der Waals surface area contributed by atoms with E-state index in [0.29, 0.717) is 13.2 Å². The van der Waals surface area contributed by atoms with Crippen molar-refractivity contribution in [1.29, 1.82) is 0 Å². The summed E-state index contributed by atoms with van der Waals surface area (Å²) in [7, 11) is 0. The molecule has 0 aromatic heterocycles. The minimum Gasteiger partial charge on any atom is -0.492 e. The van der Waals surface area contributed by atoms with Crippen LogP contribution in [0.1, 0.15) is 5.56 Å². The number of hydrogen-bond donors (Lipinski definition) is 1. The molecule has 0 atom stereocenters. The Morgan fingerprint density at radius 1 is 1.38 bits per heavy atom. The average molecular weight is 241 g/mol. The van der Waals surface area contributed by atoms with Crippen LogP contribution in [-0.4, -0.2) is 25.4 Å². The quantitative estimate of drug-likeness (QED) is 0.794. The molecule has 1 aromatic rings. The predicted octanol–water partition coefficient (Wildman–Crippen LogP) is 1.62. The monoisotopic (exact) mass is 241 g/mol. The van der Waals surface area contributed by atoms with Gasteiger partial charge in [0.2, 0.25) is 6.79 Å². The van der Waals surface area contributed by atoms with E-state index in [1.807, 2.05) is 18.4 Å². The molecule has 2 N–H and O–H groups in total. The summed E-state index contributed by atoms with van der Waals surface area (Å²) >= 11 is 1.75. The van der Waals surface area contributed by atoms with Crippen molar-refractivity contribution in [2.45, 2.75) is 6.54 Å². The molecule has 1 aliphatic heterocycles. The van der Waals surface area contributed by atoms with Crippen LogP contribution in [0.25, 0.3) is 0 Å². The zero-order chi connectivity index (χ0) is 11.4. The Balaban J connectivity index is 2.15. The maximum absolute atomic E-state index is 5.67. The fourth-order valence-corrected chi connectivity index (χ4v) is 1.74. The van der Waals surface area contributed by atoms with Crippen LogP contribution in [0.4, 0.5) is 0 Å². The van der Waals surface area contributed by atoms with E-state index >= 15 is 0 Å². The van der Waals surface area contributed by atoms with Gasteiger partial charge in [-0.2, -0.15) is 11.8 Å². The molecular formula is C11H15NO3S. The fourth-order valence-electron chi connectivity index (χ4n) is 1.49. The van der Waals surface area contributed by atoms with E-state index in [-0.39, 0.29) is 6.79 Å². The van der Waals surface area contributed by atoms with Gasteiger partial charge in [-0.25, -0.2) is 0 Å². The van der Waals surface area contributed by atoms with Crippen molar-refractivity contribution in [2.75, 3.05) is 25.4 Å². The van der Waals surface area contributed by atoms with Crippen LogP contribution in [0.3, 0.4) is 0 Å². The number of ether oxygens (including phenoxy) is 3. The largest absolute Gasteiger partial charge is 0.492 e. The van der Waals surface area contributed by atoms with Gasteiger partial charge in [0, 0.05) is 23.9 Å². The van der Waals surface area contributed by atoms with Crippen LogP contribution in [0.2, 0.25) is 0 Å². The Morgan fingerprint density at radius 2 is 2.12 bits per heavy atom. The maximum atomic E-state index is 5.67. The van der Waals surface area contributed by atoms with E-state index in [1.54, 1.807) is 11.8 Å². The highest BCUT2D eigenvalue weighted by Gasteiger charge is 2.17. The van der Waals surface area contributed by atoms with Gasteiger partial charge in [-0.3, -0.25) is 0 Å². The van der Waals surface area contributed by atoms with E-state index in [2.05, 4.69) is 0 Å². The maximum Gasteiger partial charge on any atom is 0.231 e. The molecule has 0 spiro atoms. The van der Waals surface area contributed by atoms with E-state index in [0.717, 1.165) is 28.6 Å². The molecule has 0 fully saturated rings. The number of fused-ring (bicyclic) bond motifs is 1. The Kier molecular flexibility index (Phi) is 3.79. The van der Waals surface area contributed by atoms with Crippen LogP contribution in [0.15, 0.2) is 12.1 Å². The van der Waals surface area contributed by atoms with Crippen LogP contribution in [0.5, 0.6) is 17.2 Å². The standard InChI is InChI=1S/C11H15NO3S/c1-16-3-2-13-9-5-11-10(14-7-15-11)4-8(9)6-12/h4-5H,2-3,6-7,12H2,1H3. The van der Waals surface area contributed by atoms with Gasteiger partial charge in [-0.05, 0) is 12.3 Å². The summed E-state index contributed by atoms with van der Waals surface area (Å²) < 4.78 is 16.2. The highest BCUT2D eigenvalue weighted by Crippen LogP contribution is 2.37. The first-order chi connectivity index (χ1) is 7.85. The molecule has 1 aliphatic rings. The molecule has 2 rings (SSSR count). The third kappa shape index (κ3) is 2.36. The van der Waals surface area contributed by atoms with E-state index in [9.17, 15) is 0 Å². The lowest BCUT2D eigenvalue weighted by atomic mass is 10.2. The minimum absolute atomic E-state index is 0.271. The second-order valence-electron chi connectivity index (χ2n) is 3.36. The summed E-state index contributed by atoms with van der Waals surface area (Å²) in [4.78, 5) is 0. The van der Waals surface area contributed by atoms with Gasteiger partial charge in [0.1, 0.15) is 5.75 Å². The Bertz CT molecular complexity index is 370. The first-order valence-corrected chi connectivity index (χ1v) is 6.49. The molecule has 0 saturated carbocycles. The summed E-state index contributed by atoms with van der Waals surface area (Å²) in [5.41, 5.74) is 6.62. The van der Waals surface area contributed by atoms with Gasteiger partial charge in [0.05, 0.1) is 6.61 Å². The van der Waals surface area contributed by atoms with Crippen LogP contribution in [-0.2, 0) is 6.54 Å². The zero-order valence-corrected chi connectivity index (χ0v) is 10.0. The third-order valence-corrected chi connectivity index (χ3v) is 2.90. The zero-order valence-electron chi connectivity index (χ0n) is 9.19. The lowest BCUT2D eigenvalue weighted by Gasteiger charge is -2.10. The first-order valence-electron chi connectivity index (χ1n) is 5.09. The molecule has 4 nitrogen and oxygen atoms in total. The number of thioether (sulfide) groups is 1. The molecule has 0 amide bonds. The summed E-state index contributed by atoms with van der Waals surface area (Å²) in [5, 5.41) is 0. The summed E-state index contributed by atoms with van der Waals surface area (Å²) in [6.07, 6.45) is 2.05. The molecule has 0 saturated heterocycles. The molecule has 0 radical (unpaired) electrons. The van der Waals surface area contributed by atoms with Crippen molar-refractivity contribution in [2.24, 2.45) is 5.73 Å². The Hall–Kier alpha value is -1.07. The molecular weight excluding hydrogens is 226 g/mol. The van der Waals surface area contributed by atoms with Crippen molar-refractivity contribution in [3.8, 4) is 17.2 Å². The first kappa shape index (κ1) is 11.4. The number of rotatable bonds is 5. The van der Waals surface area contributed by atoms with E-state index < -0.39 is 0 Å². The van der Waals surface area contributed by atoms with Crippen LogP contribution >= 0.6 is 11.8 Å². The molecule has 5 heteroatoms. The van der Waals surface area contributed by atoms with Gasteiger partial charge in [0.25, 0.3) is 0 Å². The van der Waals surface area contributed by atoms with E-state index in [4.69, 9.17) is 19.9 Å². The molecule has 88 valence electrons. The van der Waals surface area contributed by atoms with Crippen molar-refractivity contribution < 1.29 is 14.2 Å². The highest BCUT2D eigenvalue weighted by atomic mass is 32.2.